The van der Waals surface area contributed by atoms with Crippen LogP contribution in [0.25, 0.3) is 0 Å². The zero-order valence-corrected chi connectivity index (χ0v) is 25.1. The van der Waals surface area contributed by atoms with Crippen LogP contribution in [0, 0.1) is 0 Å². The van der Waals surface area contributed by atoms with E-state index in [4.69, 9.17) is 23.7 Å². The average molecular weight is 656 g/mol. The van der Waals surface area contributed by atoms with Gasteiger partial charge in [0.05, 0.1) is 44.0 Å². The number of carbonyl (C=O) groups is 5. The first-order valence-electron chi connectivity index (χ1n) is 14.5. The Morgan fingerprint density at radius 3 is 2.52 bits per heavy atom. The minimum atomic E-state index is -5.42. The number of nitrogens with zero attached hydrogens (tertiary/aromatic N) is 1. The van der Waals surface area contributed by atoms with E-state index >= 15 is 0 Å². The summed E-state index contributed by atoms with van der Waals surface area (Å²) in [5, 5.41) is 12.3. The van der Waals surface area contributed by atoms with Gasteiger partial charge in [0.25, 0.3) is 0 Å². The minimum Gasteiger partial charge on any atom is -0.493 e. The van der Waals surface area contributed by atoms with Gasteiger partial charge in [-0.15, -0.1) is 0 Å². The minimum absolute atomic E-state index is 0.0169. The number of halogens is 3. The Labute approximate surface area is 260 Å². The highest BCUT2D eigenvalue weighted by Crippen LogP contribution is 2.65. The molecular weight excluding hydrogens is 623 g/mol. The molecule has 46 heavy (non-hydrogen) atoms. The van der Waals surface area contributed by atoms with Crippen LogP contribution in [0.4, 0.5) is 13.2 Å². The zero-order valence-electron chi connectivity index (χ0n) is 25.1. The molecule has 16 heteroatoms. The number of methoxy groups -OCH3 is 1. The summed E-state index contributed by atoms with van der Waals surface area (Å²) in [6, 6.07) is 3.41. The third kappa shape index (κ3) is 5.57. The third-order valence-electron chi connectivity index (χ3n) is 8.94. The molecule has 0 amide bonds. The van der Waals surface area contributed by atoms with Crippen molar-refractivity contribution in [2.75, 3.05) is 27.3 Å². The van der Waals surface area contributed by atoms with Gasteiger partial charge < -0.3 is 38.4 Å². The zero-order chi connectivity index (χ0) is 33.6. The van der Waals surface area contributed by atoms with Crippen molar-refractivity contribution in [3.63, 3.8) is 0 Å². The number of piperidine rings is 1. The SMILES string of the molecule is CCOC(=O)C[C@H](OC(=O)CCC(=O)OC(=O)C(F)(F)F)C(=O)OC1=CC[C@@]2(O)C3Cc4ccc(OC)c5c4[C@@]2(CCN3C)[C@H]1O5. The Hall–Kier alpha value is -4.18. The van der Waals surface area contributed by atoms with Gasteiger partial charge in [-0.2, -0.15) is 13.2 Å². The molecule has 0 saturated carbocycles. The predicted octanol–water partition coefficient (Wildman–Crippen LogP) is 1.79. The second kappa shape index (κ2) is 12.2. The van der Waals surface area contributed by atoms with Crippen LogP contribution in [0.1, 0.15) is 50.2 Å². The molecule has 1 N–H and O–H groups in total. The molecule has 0 radical (unpaired) electrons. The quantitative estimate of drug-likeness (QED) is 0.221. The maximum Gasteiger partial charge on any atom is 0.491 e. The van der Waals surface area contributed by atoms with Crippen LogP contribution in [0.15, 0.2) is 24.0 Å². The number of esters is 5. The van der Waals surface area contributed by atoms with Crippen molar-refractivity contribution in [3.8, 4) is 11.5 Å². The number of rotatable bonds is 10. The maximum atomic E-state index is 13.5. The number of likely N-dealkylation sites (N-methyl/N-ethyl adjacent to an activating group) is 1. The molecule has 250 valence electrons. The molecule has 13 nitrogen and oxygen atoms in total. The van der Waals surface area contributed by atoms with Gasteiger partial charge >= 0.3 is 36.0 Å². The van der Waals surface area contributed by atoms with E-state index in [-0.39, 0.29) is 24.8 Å². The lowest BCUT2D eigenvalue weighted by atomic mass is 9.50. The molecule has 0 aromatic heterocycles. The Kier molecular flexibility index (Phi) is 8.81. The molecular formula is C30H32F3NO12. The summed E-state index contributed by atoms with van der Waals surface area (Å²) >= 11 is 0. The molecule has 1 spiro atoms. The van der Waals surface area contributed by atoms with E-state index in [9.17, 15) is 42.3 Å². The summed E-state index contributed by atoms with van der Waals surface area (Å²) in [4.78, 5) is 62.8. The lowest BCUT2D eigenvalue weighted by Crippen LogP contribution is -2.74. The van der Waals surface area contributed by atoms with Gasteiger partial charge in [0.2, 0.25) is 6.10 Å². The molecule has 1 saturated heterocycles. The first-order chi connectivity index (χ1) is 21.7. The van der Waals surface area contributed by atoms with Crippen LogP contribution in [0.5, 0.6) is 11.5 Å². The molecule has 4 aliphatic rings. The van der Waals surface area contributed by atoms with Crippen LogP contribution in [0.3, 0.4) is 0 Å². The largest absolute Gasteiger partial charge is 0.493 e. The van der Waals surface area contributed by atoms with E-state index in [1.54, 1.807) is 6.07 Å². The number of hydrogen-bond donors (Lipinski definition) is 1. The second-order valence-electron chi connectivity index (χ2n) is 11.5. The molecule has 5 rings (SSSR count). The van der Waals surface area contributed by atoms with E-state index < -0.39 is 78.5 Å². The molecule has 2 bridgehead atoms. The number of hydrogen-bond acceptors (Lipinski definition) is 13. The summed E-state index contributed by atoms with van der Waals surface area (Å²) in [6.45, 7) is 2.05. The first kappa shape index (κ1) is 33.2. The van der Waals surface area contributed by atoms with Crippen molar-refractivity contribution >= 4 is 29.8 Å². The van der Waals surface area contributed by atoms with Crippen molar-refractivity contribution in [1.82, 2.24) is 4.90 Å². The maximum absolute atomic E-state index is 13.5. The monoisotopic (exact) mass is 655 g/mol. The average Bonchev–Trinajstić information content (AvgIpc) is 3.34. The molecule has 1 aromatic carbocycles. The van der Waals surface area contributed by atoms with Gasteiger partial charge in [-0.1, -0.05) is 6.07 Å². The summed E-state index contributed by atoms with van der Waals surface area (Å²) < 4.78 is 68.3. The van der Waals surface area contributed by atoms with Crippen molar-refractivity contribution < 1.29 is 70.7 Å². The predicted molar refractivity (Wildman–Crippen MR) is 145 cm³/mol. The van der Waals surface area contributed by atoms with E-state index in [0.717, 1.165) is 11.1 Å². The molecule has 2 heterocycles. The molecule has 1 aromatic rings. The Morgan fingerprint density at radius 2 is 1.85 bits per heavy atom. The van der Waals surface area contributed by atoms with Gasteiger partial charge in [0.15, 0.2) is 17.6 Å². The Bertz CT molecular complexity index is 1490. The van der Waals surface area contributed by atoms with Crippen molar-refractivity contribution in [1.29, 1.82) is 0 Å². The van der Waals surface area contributed by atoms with Gasteiger partial charge in [-0.05, 0) is 51.1 Å². The normalized spacial score (nSPS) is 26.5. The molecule has 2 aliphatic carbocycles. The van der Waals surface area contributed by atoms with Gasteiger partial charge in [-0.3, -0.25) is 14.4 Å². The highest BCUT2D eigenvalue weighted by molar-refractivity contribution is 5.90. The van der Waals surface area contributed by atoms with E-state index in [2.05, 4.69) is 9.64 Å². The van der Waals surface area contributed by atoms with Gasteiger partial charge in [0, 0.05) is 18.0 Å². The summed E-state index contributed by atoms with van der Waals surface area (Å²) in [7, 11) is 3.41. The molecule has 5 atom stereocenters. The van der Waals surface area contributed by atoms with Crippen LogP contribution < -0.4 is 9.47 Å². The topological polar surface area (TPSA) is 164 Å². The smallest absolute Gasteiger partial charge is 0.491 e. The van der Waals surface area contributed by atoms with Gasteiger partial charge in [-0.25, -0.2) is 9.59 Å². The Balaban J connectivity index is 1.36. The lowest BCUT2D eigenvalue weighted by molar-refractivity contribution is -0.202. The first-order valence-corrected chi connectivity index (χ1v) is 14.5. The highest BCUT2D eigenvalue weighted by atomic mass is 19.4. The Morgan fingerprint density at radius 1 is 1.13 bits per heavy atom. The van der Waals surface area contributed by atoms with Crippen LogP contribution in [-0.4, -0.2) is 97.2 Å². The molecule has 1 unspecified atom stereocenters. The molecule has 1 fully saturated rings. The van der Waals surface area contributed by atoms with E-state index in [1.165, 1.54) is 20.1 Å². The highest BCUT2D eigenvalue weighted by Gasteiger charge is 2.72. The van der Waals surface area contributed by atoms with Crippen molar-refractivity contribution in [3.05, 3.63) is 35.1 Å². The standard InChI is InChI=1S/C30H32F3NO12/c1-4-42-22(37)14-18(43-20(35)7-8-21(36)45-27(39)30(31,32)33)26(38)44-17-9-10-29(40)19-13-15-5-6-16(41-3)24-23(15)28(29,25(17)46-24)11-12-34(19)2/h5-6,9,18-19,25,40H,4,7-8,10-14H2,1-3H3/t18-,19?,25-,28-,29+/m0/s1. The van der Waals surface area contributed by atoms with Crippen LogP contribution >= 0.6 is 0 Å². The number of ether oxygens (including phenoxy) is 6. The summed E-state index contributed by atoms with van der Waals surface area (Å²) in [6.07, 6.45) is -8.34. The van der Waals surface area contributed by atoms with Crippen molar-refractivity contribution in [2.24, 2.45) is 0 Å². The fourth-order valence-corrected chi connectivity index (χ4v) is 6.95. The fourth-order valence-electron chi connectivity index (χ4n) is 6.95. The van der Waals surface area contributed by atoms with E-state index in [0.29, 0.717) is 30.9 Å². The lowest BCUT2D eigenvalue weighted by Gasteiger charge is -2.61. The second-order valence-corrected chi connectivity index (χ2v) is 11.5. The summed E-state index contributed by atoms with van der Waals surface area (Å²) in [5.74, 6) is -6.94. The number of likely N-dealkylation sites (tertiary alicyclic amines) is 1. The van der Waals surface area contributed by atoms with Crippen molar-refractivity contribution in [2.45, 2.75) is 80.9 Å². The number of aliphatic hydroxyl groups is 1. The number of alkyl halides is 3. The van der Waals surface area contributed by atoms with E-state index in [1.807, 2.05) is 13.1 Å². The number of carbonyl (C=O) groups excluding carboxylic acids is 5. The fraction of sp³-hybridized carbons (Fsp3) is 0.567. The van der Waals surface area contributed by atoms with Gasteiger partial charge in [0.1, 0.15) is 5.76 Å². The third-order valence-corrected chi connectivity index (χ3v) is 8.94. The summed E-state index contributed by atoms with van der Waals surface area (Å²) in [5.41, 5.74) is -0.593. The van der Waals surface area contributed by atoms with Crippen LogP contribution in [0.2, 0.25) is 0 Å². The molecule has 2 aliphatic heterocycles. The number of benzene rings is 1. The van der Waals surface area contributed by atoms with Crippen LogP contribution in [-0.2, 0) is 54.8 Å².